The average molecular weight is 780 g/mol. The number of imide groups is 1. The van der Waals surface area contributed by atoms with E-state index in [1.54, 1.807) is 11.6 Å². The fourth-order valence-corrected chi connectivity index (χ4v) is 7.88. The smallest absolute Gasteiger partial charge is 0.475 e. The lowest BCUT2D eigenvalue weighted by Crippen LogP contribution is -2.57. The number of nitrogens with two attached hydrogens (primary N) is 2. The van der Waals surface area contributed by atoms with Crippen molar-refractivity contribution in [2.45, 2.75) is 121 Å². The predicted molar refractivity (Wildman–Crippen MR) is 194 cm³/mol. The summed E-state index contributed by atoms with van der Waals surface area (Å²) in [7, 11) is 1.73. The minimum Gasteiger partial charge on any atom is -0.475 e. The second-order valence-corrected chi connectivity index (χ2v) is 14.8. The predicted octanol–water partition coefficient (Wildman–Crippen LogP) is 2.56. The van der Waals surface area contributed by atoms with Gasteiger partial charge >= 0.3 is 17.8 Å². The van der Waals surface area contributed by atoms with Crippen LogP contribution in [-0.2, 0) is 42.2 Å². The Balaban J connectivity index is 0.000000876. The van der Waals surface area contributed by atoms with Crippen molar-refractivity contribution >= 4 is 46.5 Å². The zero-order chi connectivity index (χ0) is 40.4. The number of unbranched alkanes of at least 4 members (excludes halogenated alkanes) is 1. The lowest BCUT2D eigenvalue weighted by atomic mass is 9.82. The number of hydrogen-bond donors (Lipinski definition) is 5. The van der Waals surface area contributed by atoms with Crippen molar-refractivity contribution in [1.82, 2.24) is 24.7 Å². The van der Waals surface area contributed by atoms with Crippen LogP contribution in [0.15, 0.2) is 23.0 Å². The van der Waals surface area contributed by atoms with E-state index in [0.29, 0.717) is 30.9 Å². The van der Waals surface area contributed by atoms with Crippen LogP contribution in [0.5, 0.6) is 0 Å². The zero-order valence-electron chi connectivity index (χ0n) is 31.1. The third kappa shape index (κ3) is 11.4. The first-order chi connectivity index (χ1) is 26.0. The van der Waals surface area contributed by atoms with E-state index in [1.165, 1.54) is 4.57 Å². The van der Waals surface area contributed by atoms with Crippen LogP contribution in [-0.4, -0.2) is 86.0 Å². The minimum absolute atomic E-state index is 0.0254. The molecular weight excluding hydrogens is 727 g/mol. The molecule has 3 heterocycles. The molecule has 2 saturated heterocycles. The van der Waals surface area contributed by atoms with Gasteiger partial charge in [0.2, 0.25) is 29.5 Å². The number of fused-ring (bicyclic) bond motifs is 1. The van der Waals surface area contributed by atoms with E-state index in [4.69, 9.17) is 21.4 Å². The van der Waals surface area contributed by atoms with Gasteiger partial charge in [-0.15, -0.1) is 0 Å². The third-order valence-corrected chi connectivity index (χ3v) is 10.9. The van der Waals surface area contributed by atoms with Gasteiger partial charge in [0, 0.05) is 33.0 Å². The van der Waals surface area contributed by atoms with Gasteiger partial charge < -0.3 is 26.8 Å². The number of piperidine rings is 2. The first-order valence-electron chi connectivity index (χ1n) is 18.9. The molecule has 3 atom stereocenters. The molecule has 2 aliphatic heterocycles. The first-order valence-corrected chi connectivity index (χ1v) is 18.9. The number of aryl methyl sites for hydroxylation is 2. The maximum Gasteiger partial charge on any atom is 0.490 e. The fraction of sp³-hybridized carbons (Fsp3) is 0.649. The maximum atomic E-state index is 13.8. The average Bonchev–Trinajstić information content (AvgIpc) is 3.40. The SMILES string of the molecule is Cn1c(=O)n(C2CCC(=O)NC2=O)c2cccc(CCCCC3CCN(C(=O)[C@@H](NC(=O)[C@@H](N)CCC(N)=O)C4CCCCC4)CC3)c21.O=C(O)C(F)(F)F. The van der Waals surface area contributed by atoms with Crippen molar-refractivity contribution in [1.29, 1.82) is 0 Å². The number of carbonyl (C=O) groups is 6. The Hall–Kier alpha value is -4.74. The summed E-state index contributed by atoms with van der Waals surface area (Å²) in [5, 5.41) is 12.4. The molecule has 0 radical (unpaired) electrons. The van der Waals surface area contributed by atoms with Crippen LogP contribution in [0, 0.1) is 11.8 Å². The monoisotopic (exact) mass is 779 g/mol. The number of likely N-dealkylation sites (tertiary alicyclic amines) is 1. The zero-order valence-corrected chi connectivity index (χ0v) is 31.1. The fourth-order valence-electron chi connectivity index (χ4n) is 7.88. The molecule has 1 saturated carbocycles. The summed E-state index contributed by atoms with van der Waals surface area (Å²) in [4.78, 5) is 86.1. The van der Waals surface area contributed by atoms with Crippen molar-refractivity contribution in [3.05, 3.63) is 34.2 Å². The highest BCUT2D eigenvalue weighted by Crippen LogP contribution is 2.30. The minimum atomic E-state index is -5.08. The van der Waals surface area contributed by atoms with Crippen LogP contribution in [0.3, 0.4) is 0 Å². The van der Waals surface area contributed by atoms with E-state index < -0.39 is 48.0 Å². The summed E-state index contributed by atoms with van der Waals surface area (Å²) < 4.78 is 34.9. The molecule has 5 rings (SSSR count). The van der Waals surface area contributed by atoms with Gasteiger partial charge in [0.05, 0.1) is 17.1 Å². The van der Waals surface area contributed by atoms with E-state index in [9.17, 15) is 41.9 Å². The Labute approximate surface area is 316 Å². The van der Waals surface area contributed by atoms with E-state index in [2.05, 4.69) is 10.6 Å². The normalized spacial score (nSPS) is 19.6. The van der Waals surface area contributed by atoms with Gasteiger partial charge in [-0.25, -0.2) is 9.59 Å². The van der Waals surface area contributed by atoms with E-state index in [1.807, 2.05) is 23.1 Å². The Bertz CT molecular complexity index is 1780. The molecule has 1 aromatic heterocycles. The summed E-state index contributed by atoms with van der Waals surface area (Å²) in [5.41, 5.74) is 13.6. The number of benzene rings is 1. The highest BCUT2D eigenvalue weighted by Gasteiger charge is 2.39. The van der Waals surface area contributed by atoms with Crippen LogP contribution in [0.1, 0.15) is 101 Å². The molecule has 0 spiro atoms. The quantitative estimate of drug-likeness (QED) is 0.148. The number of aliphatic carboxylic acids is 1. The van der Waals surface area contributed by atoms with Crippen LogP contribution in [0.4, 0.5) is 13.2 Å². The van der Waals surface area contributed by atoms with Crippen molar-refractivity contribution in [2.75, 3.05) is 13.1 Å². The van der Waals surface area contributed by atoms with Crippen molar-refractivity contribution < 1.29 is 47.0 Å². The third-order valence-electron chi connectivity index (χ3n) is 10.9. The van der Waals surface area contributed by atoms with E-state index >= 15 is 0 Å². The molecule has 18 heteroatoms. The van der Waals surface area contributed by atoms with Crippen LogP contribution in [0.25, 0.3) is 11.0 Å². The van der Waals surface area contributed by atoms with Gasteiger partial charge in [-0.1, -0.05) is 44.2 Å². The van der Waals surface area contributed by atoms with Gasteiger partial charge in [-0.05, 0) is 74.8 Å². The number of halogens is 3. The highest BCUT2D eigenvalue weighted by molar-refractivity contribution is 6.00. The Kier molecular flexibility index (Phi) is 15.0. The van der Waals surface area contributed by atoms with Crippen LogP contribution < -0.4 is 27.8 Å². The molecule has 2 aromatic rings. The number of nitrogens with one attached hydrogen (secondary N) is 2. The van der Waals surface area contributed by atoms with Gasteiger partial charge in [0.25, 0.3) is 0 Å². The summed E-state index contributed by atoms with van der Waals surface area (Å²) in [5.74, 6) is -3.85. The van der Waals surface area contributed by atoms with Crippen molar-refractivity contribution in [3.8, 4) is 0 Å². The van der Waals surface area contributed by atoms with Crippen molar-refractivity contribution in [3.63, 3.8) is 0 Å². The number of carbonyl (C=O) groups excluding carboxylic acids is 5. The molecule has 1 aromatic carbocycles. The summed E-state index contributed by atoms with van der Waals surface area (Å²) in [6.45, 7) is 1.32. The second kappa shape index (κ2) is 19.2. The Morgan fingerprint density at radius 3 is 2.25 bits per heavy atom. The standard InChI is InChI=1S/C35H51N7O6.C2HF3O2/c1-40-31-24(12-7-13-26(31)42(35(40)48)27-15-17-29(44)38-33(27)46)11-6-5-8-22-18-20-41(21-19-22)34(47)30(23-9-3-2-4-10-23)39-32(45)25(36)14-16-28(37)43;3-2(4,5)1(6)7/h7,12-13,22-23,25,27,30H,2-6,8-11,14-21,36H2,1H3,(H2,37,43)(H,39,45)(H,38,44,46);(H,6,7)/t25-,27?,30-;/m0./s1. The Morgan fingerprint density at radius 1 is 1.00 bits per heavy atom. The molecule has 55 heavy (non-hydrogen) atoms. The van der Waals surface area contributed by atoms with E-state index in [0.717, 1.165) is 81.7 Å². The second-order valence-electron chi connectivity index (χ2n) is 14.8. The number of rotatable bonds is 13. The maximum absolute atomic E-state index is 13.8. The molecular formula is C37H52F3N7O8. The number of carboxylic acid groups (broad SMARTS) is 1. The number of carboxylic acids is 1. The summed E-state index contributed by atoms with van der Waals surface area (Å²) in [6.07, 6.45) is 6.24. The topological polar surface area (TPSA) is 229 Å². The van der Waals surface area contributed by atoms with Crippen LogP contribution >= 0.6 is 0 Å². The number of alkyl halides is 3. The number of para-hydroxylation sites is 1. The largest absolute Gasteiger partial charge is 0.490 e. The molecule has 0 bridgehead atoms. The highest BCUT2D eigenvalue weighted by atomic mass is 19.4. The molecule has 15 nitrogen and oxygen atoms in total. The summed E-state index contributed by atoms with van der Waals surface area (Å²) in [6, 6.07) is 3.63. The summed E-state index contributed by atoms with van der Waals surface area (Å²) >= 11 is 0. The number of aromatic nitrogens is 2. The van der Waals surface area contributed by atoms with Gasteiger partial charge in [-0.3, -0.25) is 38.4 Å². The first kappa shape index (κ1) is 43.0. The number of imidazole rings is 1. The Morgan fingerprint density at radius 2 is 1.65 bits per heavy atom. The van der Waals surface area contributed by atoms with Crippen molar-refractivity contribution in [2.24, 2.45) is 30.4 Å². The molecule has 5 amide bonds. The van der Waals surface area contributed by atoms with Gasteiger partial charge in [-0.2, -0.15) is 13.2 Å². The number of hydrogen-bond acceptors (Lipinski definition) is 8. The molecule has 7 N–H and O–H groups in total. The van der Waals surface area contributed by atoms with Crippen LogP contribution in [0.2, 0.25) is 0 Å². The lowest BCUT2D eigenvalue weighted by molar-refractivity contribution is -0.192. The van der Waals surface area contributed by atoms with Gasteiger partial charge in [0.15, 0.2) is 0 Å². The molecule has 1 unspecified atom stereocenters. The lowest BCUT2D eigenvalue weighted by Gasteiger charge is -2.38. The number of primary amides is 1. The van der Waals surface area contributed by atoms with Gasteiger partial charge in [0.1, 0.15) is 12.1 Å². The molecule has 3 fully saturated rings. The number of amides is 5. The molecule has 304 valence electrons. The molecule has 1 aliphatic carbocycles. The van der Waals surface area contributed by atoms with E-state index in [-0.39, 0.29) is 42.7 Å². The number of nitrogens with zero attached hydrogens (tertiary/aromatic N) is 3. The molecule has 3 aliphatic rings.